The predicted octanol–water partition coefficient (Wildman–Crippen LogP) is 2.49. The molecule has 4 nitrogen and oxygen atoms in total. The van der Waals surface area contributed by atoms with Gasteiger partial charge in [0.2, 0.25) is 0 Å². The molecule has 0 fully saturated rings. The van der Waals surface area contributed by atoms with E-state index in [4.69, 9.17) is 4.74 Å². The molecular weight excluding hydrogens is 238 g/mol. The summed E-state index contributed by atoms with van der Waals surface area (Å²) in [5.74, 6) is 1.63. The summed E-state index contributed by atoms with van der Waals surface area (Å²) in [6.45, 7) is 4.70. The Morgan fingerprint density at radius 1 is 1.16 bits per heavy atom. The van der Waals surface area contributed by atoms with Crippen LogP contribution in [0, 0.1) is 13.8 Å². The van der Waals surface area contributed by atoms with Crippen LogP contribution in [0.2, 0.25) is 0 Å². The van der Waals surface area contributed by atoms with Crippen molar-refractivity contribution in [2.24, 2.45) is 0 Å². The van der Waals surface area contributed by atoms with E-state index in [0.717, 1.165) is 28.5 Å². The Balaban J connectivity index is 2.54. The van der Waals surface area contributed by atoms with Gasteiger partial charge in [-0.2, -0.15) is 0 Å². The highest BCUT2D eigenvalue weighted by Gasteiger charge is 2.10. The van der Waals surface area contributed by atoms with Gasteiger partial charge in [-0.25, -0.2) is 9.97 Å². The summed E-state index contributed by atoms with van der Waals surface area (Å²) >= 11 is 0. The third kappa shape index (κ3) is 3.09. The summed E-state index contributed by atoms with van der Waals surface area (Å²) < 4.78 is 5.42. The molecular formula is C15H19N3O. The standard InChI is InChI=1S/C15H19N3O/c1-10-5-6-14(19-4)12(7-10)13-8-11(2)17-15(18-13)9-16-3/h5-8,16H,9H2,1-4H3. The lowest BCUT2D eigenvalue weighted by Crippen LogP contribution is -2.10. The van der Waals surface area contributed by atoms with Crippen LogP contribution in [0.5, 0.6) is 5.75 Å². The van der Waals surface area contributed by atoms with Gasteiger partial charge < -0.3 is 10.1 Å². The zero-order chi connectivity index (χ0) is 13.8. The summed E-state index contributed by atoms with van der Waals surface area (Å²) in [4.78, 5) is 9.00. The molecule has 0 aliphatic carbocycles. The van der Waals surface area contributed by atoms with E-state index in [1.807, 2.05) is 32.2 Å². The number of hydrogen-bond acceptors (Lipinski definition) is 4. The molecule has 19 heavy (non-hydrogen) atoms. The second-order valence-electron chi connectivity index (χ2n) is 4.54. The van der Waals surface area contributed by atoms with Gasteiger partial charge in [0.15, 0.2) is 0 Å². The average molecular weight is 257 g/mol. The molecule has 0 spiro atoms. The van der Waals surface area contributed by atoms with Crippen molar-refractivity contribution in [3.63, 3.8) is 0 Å². The van der Waals surface area contributed by atoms with Crippen molar-refractivity contribution in [3.8, 4) is 17.0 Å². The zero-order valence-corrected chi connectivity index (χ0v) is 11.8. The second kappa shape index (κ2) is 5.80. The highest BCUT2D eigenvalue weighted by atomic mass is 16.5. The molecule has 1 heterocycles. The van der Waals surface area contributed by atoms with Crippen LogP contribution < -0.4 is 10.1 Å². The molecule has 0 saturated carbocycles. The molecule has 1 aromatic carbocycles. The van der Waals surface area contributed by atoms with Gasteiger partial charge in [0.05, 0.1) is 19.3 Å². The first-order valence-electron chi connectivity index (χ1n) is 6.28. The van der Waals surface area contributed by atoms with Crippen LogP contribution in [-0.2, 0) is 6.54 Å². The summed E-state index contributed by atoms with van der Waals surface area (Å²) in [5, 5.41) is 3.07. The summed E-state index contributed by atoms with van der Waals surface area (Å²) in [7, 11) is 3.56. The Hall–Kier alpha value is -1.94. The Morgan fingerprint density at radius 2 is 1.95 bits per heavy atom. The molecule has 4 heteroatoms. The number of aromatic nitrogens is 2. The monoisotopic (exact) mass is 257 g/mol. The normalized spacial score (nSPS) is 10.5. The van der Waals surface area contributed by atoms with E-state index in [1.54, 1.807) is 7.11 Å². The SMILES string of the molecule is CNCc1nc(C)cc(-c2cc(C)ccc2OC)n1. The van der Waals surface area contributed by atoms with Crippen LogP contribution >= 0.6 is 0 Å². The molecule has 2 aromatic rings. The van der Waals surface area contributed by atoms with Crippen LogP contribution in [0.15, 0.2) is 24.3 Å². The van der Waals surface area contributed by atoms with Crippen molar-refractivity contribution < 1.29 is 4.74 Å². The largest absolute Gasteiger partial charge is 0.496 e. The van der Waals surface area contributed by atoms with Crippen molar-refractivity contribution in [1.82, 2.24) is 15.3 Å². The average Bonchev–Trinajstić information content (AvgIpc) is 2.38. The van der Waals surface area contributed by atoms with Crippen LogP contribution in [-0.4, -0.2) is 24.1 Å². The van der Waals surface area contributed by atoms with Crippen LogP contribution in [0.4, 0.5) is 0 Å². The number of rotatable bonds is 4. The maximum atomic E-state index is 5.42. The smallest absolute Gasteiger partial charge is 0.143 e. The number of hydrogen-bond donors (Lipinski definition) is 1. The predicted molar refractivity (Wildman–Crippen MR) is 76.3 cm³/mol. The quantitative estimate of drug-likeness (QED) is 0.914. The molecule has 0 radical (unpaired) electrons. The van der Waals surface area contributed by atoms with Crippen molar-refractivity contribution in [2.75, 3.05) is 14.2 Å². The second-order valence-corrected chi connectivity index (χ2v) is 4.54. The fourth-order valence-electron chi connectivity index (χ4n) is 2.03. The van der Waals surface area contributed by atoms with Gasteiger partial charge in [-0.1, -0.05) is 11.6 Å². The van der Waals surface area contributed by atoms with Crippen LogP contribution in [0.25, 0.3) is 11.3 Å². The first-order chi connectivity index (χ1) is 9.13. The number of methoxy groups -OCH3 is 1. The molecule has 1 aromatic heterocycles. The maximum Gasteiger partial charge on any atom is 0.143 e. The molecule has 0 atom stereocenters. The number of nitrogens with one attached hydrogen (secondary N) is 1. The third-order valence-electron chi connectivity index (χ3n) is 2.87. The van der Waals surface area contributed by atoms with Gasteiger partial charge in [-0.3, -0.25) is 0 Å². The third-order valence-corrected chi connectivity index (χ3v) is 2.87. The Kier molecular flexibility index (Phi) is 4.12. The van der Waals surface area contributed by atoms with Gasteiger partial charge in [0.1, 0.15) is 11.6 Å². The fourth-order valence-corrected chi connectivity index (χ4v) is 2.03. The topological polar surface area (TPSA) is 47.0 Å². The Bertz CT molecular complexity index is 582. The maximum absolute atomic E-state index is 5.42. The van der Waals surface area contributed by atoms with Gasteiger partial charge in [0.25, 0.3) is 0 Å². The minimum atomic E-state index is 0.656. The van der Waals surface area contributed by atoms with Gasteiger partial charge in [-0.15, -0.1) is 0 Å². The van der Waals surface area contributed by atoms with E-state index in [0.29, 0.717) is 6.54 Å². The van der Waals surface area contributed by atoms with Crippen molar-refractivity contribution >= 4 is 0 Å². The number of benzene rings is 1. The van der Waals surface area contributed by atoms with E-state index in [9.17, 15) is 0 Å². The van der Waals surface area contributed by atoms with E-state index in [2.05, 4.69) is 28.3 Å². The van der Waals surface area contributed by atoms with Crippen molar-refractivity contribution in [2.45, 2.75) is 20.4 Å². The van der Waals surface area contributed by atoms with E-state index in [-0.39, 0.29) is 0 Å². The van der Waals surface area contributed by atoms with Crippen molar-refractivity contribution in [1.29, 1.82) is 0 Å². The summed E-state index contributed by atoms with van der Waals surface area (Å²) in [5.41, 5.74) is 4.05. The molecule has 0 amide bonds. The molecule has 100 valence electrons. The summed E-state index contributed by atoms with van der Waals surface area (Å²) in [6.07, 6.45) is 0. The number of ether oxygens (including phenoxy) is 1. The highest BCUT2D eigenvalue weighted by Crippen LogP contribution is 2.29. The number of aryl methyl sites for hydroxylation is 2. The van der Waals surface area contributed by atoms with Gasteiger partial charge in [-0.05, 0) is 39.1 Å². The number of nitrogens with zero attached hydrogens (tertiary/aromatic N) is 2. The first kappa shape index (κ1) is 13.5. The zero-order valence-electron chi connectivity index (χ0n) is 11.8. The lowest BCUT2D eigenvalue weighted by atomic mass is 10.1. The van der Waals surface area contributed by atoms with Crippen LogP contribution in [0.3, 0.4) is 0 Å². The molecule has 0 saturated heterocycles. The van der Waals surface area contributed by atoms with Gasteiger partial charge >= 0.3 is 0 Å². The Labute approximate surface area is 113 Å². The summed E-state index contributed by atoms with van der Waals surface area (Å²) in [6, 6.07) is 8.07. The minimum Gasteiger partial charge on any atom is -0.496 e. The first-order valence-corrected chi connectivity index (χ1v) is 6.28. The highest BCUT2D eigenvalue weighted by molar-refractivity contribution is 5.68. The van der Waals surface area contributed by atoms with Crippen LogP contribution in [0.1, 0.15) is 17.1 Å². The lowest BCUT2D eigenvalue weighted by molar-refractivity contribution is 0.416. The fraction of sp³-hybridized carbons (Fsp3) is 0.333. The molecule has 0 aliphatic rings. The molecule has 0 bridgehead atoms. The van der Waals surface area contributed by atoms with Crippen molar-refractivity contribution in [3.05, 3.63) is 41.3 Å². The molecule has 2 rings (SSSR count). The van der Waals surface area contributed by atoms with E-state index < -0.39 is 0 Å². The lowest BCUT2D eigenvalue weighted by Gasteiger charge is -2.11. The van der Waals surface area contributed by atoms with E-state index in [1.165, 1.54) is 5.56 Å². The minimum absolute atomic E-state index is 0.656. The molecule has 0 unspecified atom stereocenters. The molecule has 1 N–H and O–H groups in total. The Morgan fingerprint density at radius 3 is 2.63 bits per heavy atom. The van der Waals surface area contributed by atoms with Gasteiger partial charge in [0, 0.05) is 11.3 Å². The molecule has 0 aliphatic heterocycles. The van der Waals surface area contributed by atoms with E-state index >= 15 is 0 Å².